The van der Waals surface area contributed by atoms with Crippen LogP contribution in [0.4, 0.5) is 5.69 Å². The molecule has 1 unspecified atom stereocenters. The molecular weight excluding hydrogens is 324 g/mol. The average Bonchev–Trinajstić information content (AvgIpc) is 3.14. The highest BCUT2D eigenvalue weighted by Gasteiger charge is 2.32. The summed E-state index contributed by atoms with van der Waals surface area (Å²) >= 11 is 0. The van der Waals surface area contributed by atoms with Gasteiger partial charge in [-0.05, 0) is 47.9 Å². The highest BCUT2D eigenvalue weighted by Crippen LogP contribution is 2.33. The molecule has 4 rings (SSSR count). The summed E-state index contributed by atoms with van der Waals surface area (Å²) in [6.45, 7) is 0.706. The van der Waals surface area contributed by atoms with Crippen molar-refractivity contribution in [1.82, 2.24) is 4.98 Å². The van der Waals surface area contributed by atoms with Gasteiger partial charge in [-0.15, -0.1) is 0 Å². The molecule has 2 heterocycles. The van der Waals surface area contributed by atoms with E-state index in [-0.39, 0.29) is 5.91 Å². The Morgan fingerprint density at radius 3 is 2.54 bits per heavy atom. The normalized spacial score (nSPS) is 14.0. The lowest BCUT2D eigenvalue weighted by atomic mass is 9.93. The SMILES string of the molecule is COc1ccc(C(C(=O)N2CCc3ccccc32)c2ccccn2)cc1. The Morgan fingerprint density at radius 2 is 1.81 bits per heavy atom. The highest BCUT2D eigenvalue weighted by molar-refractivity contribution is 6.01. The van der Waals surface area contributed by atoms with Gasteiger partial charge in [-0.2, -0.15) is 0 Å². The van der Waals surface area contributed by atoms with Gasteiger partial charge in [0.15, 0.2) is 0 Å². The van der Waals surface area contributed by atoms with Crippen LogP contribution >= 0.6 is 0 Å². The third-order valence-corrected chi connectivity index (χ3v) is 4.83. The van der Waals surface area contributed by atoms with Gasteiger partial charge in [0.2, 0.25) is 5.91 Å². The van der Waals surface area contributed by atoms with E-state index in [1.807, 2.05) is 65.6 Å². The van der Waals surface area contributed by atoms with Gasteiger partial charge in [-0.1, -0.05) is 36.4 Å². The molecule has 1 aliphatic rings. The van der Waals surface area contributed by atoms with E-state index in [1.54, 1.807) is 13.3 Å². The van der Waals surface area contributed by atoms with Crippen LogP contribution in [0, 0.1) is 0 Å². The fraction of sp³-hybridized carbons (Fsp3) is 0.182. The summed E-state index contributed by atoms with van der Waals surface area (Å²) in [5, 5.41) is 0. The summed E-state index contributed by atoms with van der Waals surface area (Å²) in [4.78, 5) is 19.9. The van der Waals surface area contributed by atoms with Crippen molar-refractivity contribution in [3.63, 3.8) is 0 Å². The zero-order valence-corrected chi connectivity index (χ0v) is 14.6. The van der Waals surface area contributed by atoms with E-state index < -0.39 is 5.92 Å². The predicted octanol–water partition coefficient (Wildman–Crippen LogP) is 3.81. The van der Waals surface area contributed by atoms with Crippen molar-refractivity contribution in [2.75, 3.05) is 18.6 Å². The maximum atomic E-state index is 13.5. The van der Waals surface area contributed by atoms with Crippen molar-refractivity contribution in [1.29, 1.82) is 0 Å². The first-order valence-corrected chi connectivity index (χ1v) is 8.72. The largest absolute Gasteiger partial charge is 0.497 e. The molecule has 0 spiro atoms. The standard InChI is InChI=1S/C22H20N2O2/c1-26-18-11-9-17(10-12-18)21(19-7-4-5-14-23-19)22(25)24-15-13-16-6-2-3-8-20(16)24/h2-12,14,21H,13,15H2,1H3. The van der Waals surface area contributed by atoms with Crippen molar-refractivity contribution >= 4 is 11.6 Å². The Kier molecular flexibility index (Phi) is 4.40. The lowest BCUT2D eigenvalue weighted by molar-refractivity contribution is -0.119. The summed E-state index contributed by atoms with van der Waals surface area (Å²) in [5.41, 5.74) is 3.90. The number of nitrogens with zero attached hydrogens (tertiary/aromatic N) is 2. The molecule has 1 atom stereocenters. The second-order valence-electron chi connectivity index (χ2n) is 6.33. The molecule has 0 saturated heterocycles. The lowest BCUT2D eigenvalue weighted by Gasteiger charge is -2.24. The van der Waals surface area contributed by atoms with Gasteiger partial charge in [-0.25, -0.2) is 0 Å². The molecule has 4 nitrogen and oxygen atoms in total. The van der Waals surface area contributed by atoms with E-state index in [4.69, 9.17) is 4.74 Å². The minimum Gasteiger partial charge on any atom is -0.497 e. The first-order chi connectivity index (χ1) is 12.8. The number of pyridine rings is 1. The first kappa shape index (κ1) is 16.3. The van der Waals surface area contributed by atoms with Crippen LogP contribution < -0.4 is 9.64 Å². The van der Waals surface area contributed by atoms with Gasteiger partial charge in [-0.3, -0.25) is 9.78 Å². The molecule has 1 aromatic heterocycles. The lowest BCUT2D eigenvalue weighted by Crippen LogP contribution is -2.34. The van der Waals surface area contributed by atoms with Crippen LogP contribution in [0.25, 0.3) is 0 Å². The van der Waals surface area contributed by atoms with Crippen LogP contribution in [0.5, 0.6) is 5.75 Å². The topological polar surface area (TPSA) is 42.4 Å². The summed E-state index contributed by atoms with van der Waals surface area (Å²) in [6.07, 6.45) is 2.62. The number of benzene rings is 2. The minimum absolute atomic E-state index is 0.0545. The van der Waals surface area contributed by atoms with Crippen LogP contribution in [-0.4, -0.2) is 24.5 Å². The van der Waals surface area contributed by atoms with Crippen molar-refractivity contribution in [2.24, 2.45) is 0 Å². The molecule has 1 aliphatic heterocycles. The summed E-state index contributed by atoms with van der Waals surface area (Å²) in [5.74, 6) is 0.388. The predicted molar refractivity (Wildman–Crippen MR) is 102 cm³/mol. The molecule has 0 saturated carbocycles. The average molecular weight is 344 g/mol. The summed E-state index contributed by atoms with van der Waals surface area (Å²) in [7, 11) is 1.64. The molecule has 1 amide bonds. The number of methoxy groups -OCH3 is 1. The fourth-order valence-corrected chi connectivity index (χ4v) is 3.51. The quantitative estimate of drug-likeness (QED) is 0.723. The summed E-state index contributed by atoms with van der Waals surface area (Å²) < 4.78 is 5.25. The molecule has 26 heavy (non-hydrogen) atoms. The van der Waals surface area contributed by atoms with Crippen molar-refractivity contribution in [3.05, 3.63) is 89.7 Å². The number of amides is 1. The van der Waals surface area contributed by atoms with E-state index in [0.29, 0.717) is 6.54 Å². The fourth-order valence-electron chi connectivity index (χ4n) is 3.51. The van der Waals surface area contributed by atoms with Crippen molar-refractivity contribution in [3.8, 4) is 5.75 Å². The van der Waals surface area contributed by atoms with Crippen molar-refractivity contribution in [2.45, 2.75) is 12.3 Å². The van der Waals surface area contributed by atoms with Crippen LogP contribution in [0.3, 0.4) is 0 Å². The third-order valence-electron chi connectivity index (χ3n) is 4.83. The van der Waals surface area contributed by atoms with Crippen LogP contribution in [0.2, 0.25) is 0 Å². The number of fused-ring (bicyclic) bond motifs is 1. The van der Waals surface area contributed by atoms with Gasteiger partial charge in [0, 0.05) is 18.4 Å². The second kappa shape index (κ2) is 7.00. The molecule has 4 heteroatoms. The Balaban J connectivity index is 1.75. The number of hydrogen-bond acceptors (Lipinski definition) is 3. The van der Waals surface area contributed by atoms with Gasteiger partial charge < -0.3 is 9.64 Å². The van der Waals surface area contributed by atoms with Gasteiger partial charge in [0.1, 0.15) is 11.7 Å². The molecule has 0 radical (unpaired) electrons. The Morgan fingerprint density at radius 1 is 1.04 bits per heavy atom. The number of carbonyl (C=O) groups is 1. The summed E-state index contributed by atoms with van der Waals surface area (Å²) in [6, 6.07) is 21.5. The van der Waals surface area contributed by atoms with Gasteiger partial charge in [0.05, 0.1) is 12.8 Å². The van der Waals surface area contributed by atoms with Gasteiger partial charge in [0.25, 0.3) is 0 Å². The second-order valence-corrected chi connectivity index (χ2v) is 6.33. The van der Waals surface area contributed by atoms with E-state index in [9.17, 15) is 4.79 Å². The van der Waals surface area contributed by atoms with Crippen LogP contribution in [0.15, 0.2) is 72.9 Å². The maximum absolute atomic E-state index is 13.5. The molecule has 0 bridgehead atoms. The zero-order valence-electron chi connectivity index (χ0n) is 14.6. The number of aromatic nitrogens is 1. The molecule has 130 valence electrons. The Labute approximate surface area is 153 Å². The van der Waals surface area contributed by atoms with Crippen LogP contribution in [-0.2, 0) is 11.2 Å². The monoisotopic (exact) mass is 344 g/mol. The van der Waals surface area contributed by atoms with E-state index in [1.165, 1.54) is 5.56 Å². The molecule has 0 N–H and O–H groups in total. The number of rotatable bonds is 4. The van der Waals surface area contributed by atoms with Gasteiger partial charge >= 0.3 is 0 Å². The minimum atomic E-state index is -0.437. The van der Waals surface area contributed by atoms with E-state index in [2.05, 4.69) is 11.1 Å². The maximum Gasteiger partial charge on any atom is 0.240 e. The third kappa shape index (κ3) is 2.94. The number of ether oxygens (including phenoxy) is 1. The molecule has 3 aromatic rings. The van der Waals surface area contributed by atoms with E-state index >= 15 is 0 Å². The first-order valence-electron chi connectivity index (χ1n) is 8.72. The Bertz CT molecular complexity index is 907. The number of anilines is 1. The smallest absolute Gasteiger partial charge is 0.240 e. The molecular formula is C22H20N2O2. The molecule has 2 aromatic carbocycles. The molecule has 0 aliphatic carbocycles. The zero-order chi connectivity index (χ0) is 17.9. The van der Waals surface area contributed by atoms with E-state index in [0.717, 1.165) is 29.1 Å². The highest BCUT2D eigenvalue weighted by atomic mass is 16.5. The number of carbonyl (C=O) groups excluding carboxylic acids is 1. The van der Waals surface area contributed by atoms with Crippen molar-refractivity contribution < 1.29 is 9.53 Å². The number of hydrogen-bond donors (Lipinski definition) is 0. The Hall–Kier alpha value is -3.14. The number of para-hydroxylation sites is 1. The molecule has 0 fully saturated rings. The van der Waals surface area contributed by atoms with Crippen LogP contribution in [0.1, 0.15) is 22.7 Å².